The second-order valence-corrected chi connectivity index (χ2v) is 8.33. The summed E-state index contributed by atoms with van der Waals surface area (Å²) in [5.41, 5.74) is 2.38. The van der Waals surface area contributed by atoms with Crippen LogP contribution in [0.25, 0.3) is 11.3 Å². The first-order valence-corrected chi connectivity index (χ1v) is 9.80. The number of hydrogen-bond donors (Lipinski definition) is 2. The van der Waals surface area contributed by atoms with Crippen molar-refractivity contribution in [3.8, 4) is 11.3 Å². The van der Waals surface area contributed by atoms with E-state index in [1.807, 2.05) is 26.0 Å². The molecule has 0 bridgehead atoms. The van der Waals surface area contributed by atoms with E-state index in [0.29, 0.717) is 12.3 Å². The maximum Gasteiger partial charge on any atom is 0.229 e. The molecular formula is C15H21N3O3S2. The number of ether oxygens (including phenoxy) is 1. The van der Waals surface area contributed by atoms with Crippen molar-refractivity contribution in [3.63, 3.8) is 0 Å². The lowest BCUT2D eigenvalue weighted by Crippen LogP contribution is -2.20. The predicted octanol–water partition coefficient (Wildman–Crippen LogP) is 2.94. The van der Waals surface area contributed by atoms with Crippen molar-refractivity contribution in [2.75, 3.05) is 30.0 Å². The average molecular weight is 355 g/mol. The fraction of sp³-hybridized carbons (Fsp3) is 0.400. The van der Waals surface area contributed by atoms with Crippen LogP contribution in [0, 0.1) is 6.92 Å². The molecule has 1 aromatic heterocycles. The zero-order chi connectivity index (χ0) is 17.0. The molecule has 0 aliphatic heterocycles. The topological polar surface area (TPSA) is 80.3 Å². The summed E-state index contributed by atoms with van der Waals surface area (Å²) in [6.45, 7) is 4.66. The van der Waals surface area contributed by atoms with Gasteiger partial charge in [-0.05, 0) is 26.0 Å². The fourth-order valence-corrected chi connectivity index (χ4v) is 3.65. The quantitative estimate of drug-likeness (QED) is 0.798. The van der Waals surface area contributed by atoms with Crippen molar-refractivity contribution in [2.45, 2.75) is 19.9 Å². The number of methoxy groups -OCH3 is 1. The van der Waals surface area contributed by atoms with Crippen LogP contribution in [0.1, 0.15) is 11.8 Å². The number of sulfonamides is 1. The van der Waals surface area contributed by atoms with Crippen molar-refractivity contribution < 1.29 is 13.2 Å². The highest BCUT2D eigenvalue weighted by atomic mass is 32.2. The Balaban J connectivity index is 2.17. The van der Waals surface area contributed by atoms with Crippen LogP contribution in [-0.2, 0) is 14.8 Å². The van der Waals surface area contributed by atoms with Crippen molar-refractivity contribution in [3.05, 3.63) is 29.1 Å². The van der Waals surface area contributed by atoms with E-state index in [1.165, 1.54) is 0 Å². The van der Waals surface area contributed by atoms with Gasteiger partial charge in [0, 0.05) is 29.3 Å². The zero-order valence-electron chi connectivity index (χ0n) is 13.6. The summed E-state index contributed by atoms with van der Waals surface area (Å²) in [4.78, 5) is 5.72. The zero-order valence-corrected chi connectivity index (χ0v) is 15.2. The van der Waals surface area contributed by atoms with Crippen LogP contribution in [0.5, 0.6) is 0 Å². The molecule has 0 radical (unpaired) electrons. The fourth-order valence-electron chi connectivity index (χ4n) is 2.14. The molecule has 0 saturated heterocycles. The molecular weight excluding hydrogens is 334 g/mol. The molecule has 1 atom stereocenters. The lowest BCUT2D eigenvalue weighted by molar-refractivity contribution is 0.190. The molecule has 6 nitrogen and oxygen atoms in total. The normalized spacial score (nSPS) is 12.9. The number of thiazole rings is 1. The van der Waals surface area contributed by atoms with Crippen LogP contribution >= 0.6 is 11.3 Å². The molecule has 0 aliphatic carbocycles. The highest BCUT2D eigenvalue weighted by Crippen LogP contribution is 2.31. The first-order chi connectivity index (χ1) is 10.8. The van der Waals surface area contributed by atoms with Gasteiger partial charge in [-0.3, -0.25) is 4.72 Å². The standard InChI is InChI=1S/C15H21N3O3S2/c1-10(9-21-3)16-15-17-14(11(2)22-15)12-5-7-13(8-6-12)18-23(4,19)20/h5-8,10,18H,9H2,1-4H3,(H,16,17). The molecule has 0 saturated carbocycles. The van der Waals surface area contributed by atoms with Crippen LogP contribution in [0.4, 0.5) is 10.8 Å². The molecule has 23 heavy (non-hydrogen) atoms. The third kappa shape index (κ3) is 5.19. The highest BCUT2D eigenvalue weighted by Gasteiger charge is 2.12. The van der Waals surface area contributed by atoms with E-state index in [0.717, 1.165) is 27.5 Å². The smallest absolute Gasteiger partial charge is 0.229 e. The summed E-state index contributed by atoms with van der Waals surface area (Å²) < 4.78 is 30.0. The molecule has 8 heteroatoms. The van der Waals surface area contributed by atoms with Gasteiger partial charge in [0.1, 0.15) is 0 Å². The van der Waals surface area contributed by atoms with Gasteiger partial charge in [-0.25, -0.2) is 13.4 Å². The Hall–Kier alpha value is -1.64. The van der Waals surface area contributed by atoms with Gasteiger partial charge in [-0.15, -0.1) is 11.3 Å². The molecule has 0 fully saturated rings. The first kappa shape index (κ1) is 17.7. The maximum absolute atomic E-state index is 11.2. The van der Waals surface area contributed by atoms with Crippen LogP contribution in [-0.4, -0.2) is 39.4 Å². The molecule has 0 aliphatic rings. The number of hydrogen-bond acceptors (Lipinski definition) is 6. The van der Waals surface area contributed by atoms with Gasteiger partial charge in [-0.2, -0.15) is 0 Å². The monoisotopic (exact) mass is 355 g/mol. The Morgan fingerprint density at radius 1 is 1.30 bits per heavy atom. The van der Waals surface area contributed by atoms with Crippen molar-refractivity contribution in [1.82, 2.24) is 4.98 Å². The molecule has 2 N–H and O–H groups in total. The molecule has 2 rings (SSSR count). The van der Waals surface area contributed by atoms with Gasteiger partial charge in [0.2, 0.25) is 10.0 Å². The minimum absolute atomic E-state index is 0.180. The lowest BCUT2D eigenvalue weighted by Gasteiger charge is -2.10. The third-order valence-corrected chi connectivity index (χ3v) is 4.55. The van der Waals surface area contributed by atoms with Crippen molar-refractivity contribution >= 4 is 32.2 Å². The Morgan fingerprint density at radius 2 is 1.96 bits per heavy atom. The largest absolute Gasteiger partial charge is 0.383 e. The highest BCUT2D eigenvalue weighted by molar-refractivity contribution is 7.92. The van der Waals surface area contributed by atoms with Gasteiger partial charge in [0.15, 0.2) is 5.13 Å². The van der Waals surface area contributed by atoms with E-state index in [4.69, 9.17) is 4.74 Å². The van der Waals surface area contributed by atoms with Crippen molar-refractivity contribution in [1.29, 1.82) is 0 Å². The number of anilines is 2. The van der Waals surface area contributed by atoms with E-state index in [-0.39, 0.29) is 6.04 Å². The average Bonchev–Trinajstić information content (AvgIpc) is 2.79. The Labute approximate surface area is 141 Å². The van der Waals surface area contributed by atoms with E-state index in [2.05, 4.69) is 15.0 Å². The Morgan fingerprint density at radius 3 is 2.52 bits per heavy atom. The summed E-state index contributed by atoms with van der Waals surface area (Å²) in [6.07, 6.45) is 1.13. The van der Waals surface area contributed by atoms with Crippen LogP contribution in [0.15, 0.2) is 24.3 Å². The summed E-state index contributed by atoms with van der Waals surface area (Å²) in [5, 5.41) is 4.15. The number of rotatable bonds is 7. The number of nitrogens with zero attached hydrogens (tertiary/aromatic N) is 1. The van der Waals surface area contributed by atoms with Gasteiger partial charge >= 0.3 is 0 Å². The van der Waals surface area contributed by atoms with Gasteiger partial charge in [0.05, 0.1) is 18.6 Å². The first-order valence-electron chi connectivity index (χ1n) is 7.09. The predicted molar refractivity (Wildman–Crippen MR) is 95.7 cm³/mol. The Kier molecular flexibility index (Phi) is 5.61. The second kappa shape index (κ2) is 7.29. The SMILES string of the molecule is COCC(C)Nc1nc(-c2ccc(NS(C)(=O)=O)cc2)c(C)s1. The Bertz CT molecular complexity index is 755. The lowest BCUT2D eigenvalue weighted by atomic mass is 10.1. The second-order valence-electron chi connectivity index (χ2n) is 5.38. The number of nitrogens with one attached hydrogen (secondary N) is 2. The molecule has 0 amide bonds. The minimum atomic E-state index is -3.26. The molecule has 2 aromatic rings. The van der Waals surface area contributed by atoms with Gasteiger partial charge in [-0.1, -0.05) is 12.1 Å². The van der Waals surface area contributed by atoms with Gasteiger partial charge in [0.25, 0.3) is 0 Å². The van der Waals surface area contributed by atoms with E-state index in [9.17, 15) is 8.42 Å². The summed E-state index contributed by atoms with van der Waals surface area (Å²) in [7, 11) is -1.59. The number of aryl methyl sites for hydroxylation is 1. The summed E-state index contributed by atoms with van der Waals surface area (Å²) in [6, 6.07) is 7.36. The molecule has 0 spiro atoms. The van der Waals surface area contributed by atoms with E-state index in [1.54, 1.807) is 30.6 Å². The summed E-state index contributed by atoms with van der Waals surface area (Å²) >= 11 is 1.59. The van der Waals surface area contributed by atoms with Crippen LogP contribution in [0.2, 0.25) is 0 Å². The van der Waals surface area contributed by atoms with E-state index < -0.39 is 10.0 Å². The number of aromatic nitrogens is 1. The molecule has 126 valence electrons. The van der Waals surface area contributed by atoms with Crippen LogP contribution in [0.3, 0.4) is 0 Å². The maximum atomic E-state index is 11.2. The third-order valence-electron chi connectivity index (χ3n) is 3.04. The minimum Gasteiger partial charge on any atom is -0.383 e. The molecule has 1 aromatic carbocycles. The number of benzene rings is 1. The van der Waals surface area contributed by atoms with Gasteiger partial charge < -0.3 is 10.1 Å². The molecule has 1 unspecified atom stereocenters. The van der Waals surface area contributed by atoms with E-state index >= 15 is 0 Å². The summed E-state index contributed by atoms with van der Waals surface area (Å²) in [5.74, 6) is 0. The van der Waals surface area contributed by atoms with Crippen LogP contribution < -0.4 is 10.0 Å². The van der Waals surface area contributed by atoms with Crippen molar-refractivity contribution in [2.24, 2.45) is 0 Å². The molecule has 1 heterocycles.